The van der Waals surface area contributed by atoms with Crippen molar-refractivity contribution < 1.29 is 19.1 Å². The van der Waals surface area contributed by atoms with E-state index in [9.17, 15) is 14.4 Å². The Balaban J connectivity index is 1.68. The van der Waals surface area contributed by atoms with E-state index in [0.29, 0.717) is 41.7 Å². The third-order valence-electron chi connectivity index (χ3n) is 4.92. The number of carbonyl (C=O) groups excluding carboxylic acids is 3. The molecule has 0 aliphatic carbocycles. The maximum absolute atomic E-state index is 12.4. The second kappa shape index (κ2) is 8.65. The van der Waals surface area contributed by atoms with E-state index in [1.54, 1.807) is 4.90 Å². The minimum Gasteiger partial charge on any atom is -0.484 e. The molecule has 0 bridgehead atoms. The molecule has 1 aliphatic heterocycles. The van der Waals surface area contributed by atoms with Gasteiger partial charge in [0, 0.05) is 18.3 Å². The molecule has 7 nitrogen and oxygen atoms in total. The molecule has 0 spiro atoms. The topological polar surface area (TPSA) is 102 Å². The van der Waals surface area contributed by atoms with Crippen LogP contribution in [0.25, 0.3) is 0 Å². The number of hydrogen-bond acceptors (Lipinski definition) is 5. The lowest BCUT2D eigenvalue weighted by Crippen LogP contribution is -2.34. The molecule has 0 atom stereocenters. The molecule has 0 fully saturated rings. The smallest absolute Gasteiger partial charge is 0.262 e. The lowest BCUT2D eigenvalue weighted by atomic mass is 10.0. The number of benzene rings is 1. The normalized spacial score (nSPS) is 13.2. The minimum absolute atomic E-state index is 0.0212. The zero-order valence-corrected chi connectivity index (χ0v) is 17.6. The van der Waals surface area contributed by atoms with Crippen LogP contribution < -0.4 is 15.8 Å². The van der Waals surface area contributed by atoms with Crippen molar-refractivity contribution in [3.8, 4) is 5.75 Å². The molecule has 0 saturated heterocycles. The van der Waals surface area contributed by atoms with Gasteiger partial charge < -0.3 is 20.7 Å². The number of hydrogen-bond donors (Lipinski definition) is 2. The second-order valence-electron chi connectivity index (χ2n) is 7.32. The van der Waals surface area contributed by atoms with Gasteiger partial charge in [0.1, 0.15) is 10.8 Å². The van der Waals surface area contributed by atoms with E-state index in [0.717, 1.165) is 10.4 Å². The van der Waals surface area contributed by atoms with Gasteiger partial charge in [-0.3, -0.25) is 14.4 Å². The van der Waals surface area contributed by atoms with Crippen LogP contribution in [-0.2, 0) is 22.6 Å². The highest BCUT2D eigenvalue weighted by atomic mass is 32.1. The van der Waals surface area contributed by atoms with Gasteiger partial charge in [0.15, 0.2) is 6.61 Å². The monoisotopic (exact) mass is 415 g/mol. The summed E-state index contributed by atoms with van der Waals surface area (Å²) in [6.45, 7) is 6.50. The van der Waals surface area contributed by atoms with Crippen molar-refractivity contribution in [1.29, 1.82) is 0 Å². The number of nitrogens with two attached hydrogens (primary N) is 1. The zero-order chi connectivity index (χ0) is 21.1. The second-order valence-corrected chi connectivity index (χ2v) is 8.43. The quantitative estimate of drug-likeness (QED) is 0.757. The molecule has 3 rings (SSSR count). The van der Waals surface area contributed by atoms with Gasteiger partial charge in [0.05, 0.1) is 12.1 Å². The molecule has 0 saturated carbocycles. The van der Waals surface area contributed by atoms with Crippen molar-refractivity contribution in [3.63, 3.8) is 0 Å². The van der Waals surface area contributed by atoms with Crippen molar-refractivity contribution in [1.82, 2.24) is 4.90 Å². The van der Waals surface area contributed by atoms with Crippen LogP contribution >= 0.6 is 11.3 Å². The number of amides is 3. The minimum atomic E-state index is -0.584. The Morgan fingerprint density at radius 3 is 2.52 bits per heavy atom. The Morgan fingerprint density at radius 2 is 1.93 bits per heavy atom. The van der Waals surface area contributed by atoms with E-state index in [1.807, 2.05) is 24.3 Å². The summed E-state index contributed by atoms with van der Waals surface area (Å²) in [5, 5.41) is 3.16. The van der Waals surface area contributed by atoms with Gasteiger partial charge in [-0.2, -0.15) is 0 Å². The van der Waals surface area contributed by atoms with Crippen LogP contribution in [0.3, 0.4) is 0 Å². The van der Waals surface area contributed by atoms with E-state index < -0.39 is 5.91 Å². The number of primary amides is 1. The molecule has 0 unspecified atom stereocenters. The van der Waals surface area contributed by atoms with Crippen LogP contribution in [-0.4, -0.2) is 35.8 Å². The summed E-state index contributed by atoms with van der Waals surface area (Å²) in [6, 6.07) is 7.60. The highest BCUT2D eigenvalue weighted by molar-refractivity contribution is 7.17. The predicted octanol–water partition coefficient (Wildman–Crippen LogP) is 2.89. The average Bonchev–Trinajstić information content (AvgIpc) is 3.03. The maximum atomic E-state index is 12.4. The first-order valence-corrected chi connectivity index (χ1v) is 10.3. The molecule has 3 amide bonds. The number of fused-ring (bicyclic) bond motifs is 1. The molecule has 154 valence electrons. The molecule has 2 aromatic rings. The van der Waals surface area contributed by atoms with Crippen molar-refractivity contribution in [2.75, 3.05) is 18.5 Å². The molecule has 29 heavy (non-hydrogen) atoms. The van der Waals surface area contributed by atoms with E-state index in [1.165, 1.54) is 23.8 Å². The van der Waals surface area contributed by atoms with Gasteiger partial charge in [0.25, 0.3) is 11.8 Å². The number of ether oxygens (including phenoxy) is 1. The molecule has 1 aromatic heterocycles. The largest absolute Gasteiger partial charge is 0.484 e. The predicted molar refractivity (Wildman–Crippen MR) is 112 cm³/mol. The number of rotatable bonds is 6. The summed E-state index contributed by atoms with van der Waals surface area (Å²) in [4.78, 5) is 38.6. The molecule has 3 N–H and O–H groups in total. The fraction of sp³-hybridized carbons (Fsp3) is 0.381. The highest BCUT2D eigenvalue weighted by Crippen LogP contribution is 2.37. The molecule has 1 aromatic carbocycles. The fourth-order valence-electron chi connectivity index (χ4n) is 3.28. The van der Waals surface area contributed by atoms with E-state index in [4.69, 9.17) is 10.5 Å². The standard InChI is InChI=1S/C21H25N3O4S/c1-12(2)14-4-6-15(7-5-14)28-11-18(26)23-21-19(20(22)27)16-8-9-24(13(3)25)10-17(16)29-21/h4-7,12H,8-11H2,1-3H3,(H2,22,27)(H,23,26). The number of nitrogens with one attached hydrogen (secondary N) is 1. The number of nitrogens with zero attached hydrogens (tertiary/aromatic N) is 1. The first-order valence-electron chi connectivity index (χ1n) is 9.48. The van der Waals surface area contributed by atoms with Crippen LogP contribution in [0.1, 0.15) is 53.1 Å². The van der Waals surface area contributed by atoms with Gasteiger partial charge in [-0.05, 0) is 35.6 Å². The zero-order valence-electron chi connectivity index (χ0n) is 16.8. The average molecular weight is 416 g/mol. The van der Waals surface area contributed by atoms with Crippen molar-refractivity contribution in [2.45, 2.75) is 39.7 Å². The van der Waals surface area contributed by atoms with Crippen LogP contribution in [0.2, 0.25) is 0 Å². The first-order chi connectivity index (χ1) is 13.8. The van der Waals surface area contributed by atoms with Crippen molar-refractivity contribution in [2.24, 2.45) is 5.73 Å². The van der Waals surface area contributed by atoms with Crippen molar-refractivity contribution >= 4 is 34.1 Å². The summed E-state index contributed by atoms with van der Waals surface area (Å²) in [7, 11) is 0. The molecule has 0 radical (unpaired) electrons. The Kier molecular flexibility index (Phi) is 6.22. The highest BCUT2D eigenvalue weighted by Gasteiger charge is 2.28. The third kappa shape index (κ3) is 4.76. The number of thiophene rings is 1. The van der Waals surface area contributed by atoms with E-state index in [2.05, 4.69) is 19.2 Å². The number of anilines is 1. The van der Waals surface area contributed by atoms with Gasteiger partial charge in [-0.1, -0.05) is 26.0 Å². The fourth-order valence-corrected chi connectivity index (χ4v) is 4.57. The summed E-state index contributed by atoms with van der Waals surface area (Å²) in [5.74, 6) is 0.0412. The Morgan fingerprint density at radius 1 is 1.24 bits per heavy atom. The lowest BCUT2D eigenvalue weighted by molar-refractivity contribution is -0.129. The van der Waals surface area contributed by atoms with Gasteiger partial charge in [-0.15, -0.1) is 11.3 Å². The Hall–Kier alpha value is -2.87. The third-order valence-corrected chi connectivity index (χ3v) is 6.05. The Bertz CT molecular complexity index is 934. The Labute approximate surface area is 173 Å². The molecular weight excluding hydrogens is 390 g/mol. The van der Waals surface area contributed by atoms with Gasteiger partial charge in [0.2, 0.25) is 5.91 Å². The summed E-state index contributed by atoms with van der Waals surface area (Å²) < 4.78 is 5.55. The first kappa shape index (κ1) is 20.9. The summed E-state index contributed by atoms with van der Waals surface area (Å²) >= 11 is 1.28. The summed E-state index contributed by atoms with van der Waals surface area (Å²) in [6.07, 6.45) is 0.540. The maximum Gasteiger partial charge on any atom is 0.262 e. The molecule has 2 heterocycles. The molecule has 8 heteroatoms. The van der Waals surface area contributed by atoms with Crippen LogP contribution in [0, 0.1) is 0 Å². The van der Waals surface area contributed by atoms with Gasteiger partial charge >= 0.3 is 0 Å². The van der Waals surface area contributed by atoms with Crippen LogP contribution in [0.5, 0.6) is 5.75 Å². The molecular formula is C21H25N3O4S. The van der Waals surface area contributed by atoms with E-state index in [-0.39, 0.29) is 18.4 Å². The van der Waals surface area contributed by atoms with Crippen molar-refractivity contribution in [3.05, 3.63) is 45.8 Å². The summed E-state index contributed by atoms with van der Waals surface area (Å²) in [5.41, 5.74) is 7.91. The SMILES string of the molecule is CC(=O)N1CCc2c(sc(NC(=O)COc3ccc(C(C)C)cc3)c2C(N)=O)C1. The lowest BCUT2D eigenvalue weighted by Gasteiger charge is -2.25. The van der Waals surface area contributed by atoms with Gasteiger partial charge in [-0.25, -0.2) is 0 Å². The van der Waals surface area contributed by atoms with E-state index >= 15 is 0 Å². The molecule has 1 aliphatic rings. The van der Waals surface area contributed by atoms with Crippen LogP contribution in [0.4, 0.5) is 5.00 Å². The van der Waals surface area contributed by atoms with Crippen LogP contribution in [0.15, 0.2) is 24.3 Å². The number of carbonyl (C=O) groups is 3.